The van der Waals surface area contributed by atoms with E-state index in [1.165, 1.54) is 0 Å². The van der Waals surface area contributed by atoms with Gasteiger partial charge in [0.05, 0.1) is 0 Å². The summed E-state index contributed by atoms with van der Waals surface area (Å²) in [7, 11) is 0. The van der Waals surface area contributed by atoms with Crippen molar-refractivity contribution in [3.8, 4) is 0 Å². The zero-order valence-corrected chi connectivity index (χ0v) is 10.7. The van der Waals surface area contributed by atoms with Crippen LogP contribution < -0.4 is 5.73 Å². The Bertz CT molecular complexity index is 596. The quantitative estimate of drug-likeness (QED) is 0.902. The first-order valence-corrected chi connectivity index (χ1v) is 6.49. The number of aryl methyl sites for hydroxylation is 1. The summed E-state index contributed by atoms with van der Waals surface area (Å²) in [5.41, 5.74) is 9.36. The first kappa shape index (κ1) is 11.5. The van der Waals surface area contributed by atoms with Gasteiger partial charge in [-0.2, -0.15) is 0 Å². The summed E-state index contributed by atoms with van der Waals surface area (Å²) >= 11 is 5.97. The van der Waals surface area contributed by atoms with E-state index >= 15 is 0 Å². The second-order valence-electron chi connectivity index (χ2n) is 4.61. The third-order valence-corrected chi connectivity index (χ3v) is 3.50. The van der Waals surface area contributed by atoms with Gasteiger partial charge in [-0.25, -0.2) is 9.97 Å². The van der Waals surface area contributed by atoms with Gasteiger partial charge in [-0.1, -0.05) is 23.7 Å². The van der Waals surface area contributed by atoms with Crippen molar-refractivity contribution in [2.24, 2.45) is 0 Å². The van der Waals surface area contributed by atoms with Gasteiger partial charge in [-0.15, -0.1) is 0 Å². The summed E-state index contributed by atoms with van der Waals surface area (Å²) in [5.74, 6) is 1.44. The minimum absolute atomic E-state index is 0.648. The SMILES string of the molecule is Nc1nc(Cc2cccc(Cl)c2)nc2c1CCC2. The second-order valence-corrected chi connectivity index (χ2v) is 5.05. The van der Waals surface area contributed by atoms with Crippen LogP contribution in [0.5, 0.6) is 0 Å². The van der Waals surface area contributed by atoms with Gasteiger partial charge in [0.15, 0.2) is 0 Å². The van der Waals surface area contributed by atoms with Crippen LogP contribution in [-0.2, 0) is 19.3 Å². The number of hydrogen-bond donors (Lipinski definition) is 1. The van der Waals surface area contributed by atoms with E-state index in [9.17, 15) is 0 Å². The van der Waals surface area contributed by atoms with Crippen molar-refractivity contribution in [3.63, 3.8) is 0 Å². The summed E-state index contributed by atoms with van der Waals surface area (Å²) in [6.07, 6.45) is 3.84. The predicted molar refractivity (Wildman–Crippen MR) is 72.7 cm³/mol. The van der Waals surface area contributed by atoms with Crippen molar-refractivity contribution in [2.75, 3.05) is 5.73 Å². The molecule has 0 aliphatic heterocycles. The molecule has 0 fully saturated rings. The van der Waals surface area contributed by atoms with Gasteiger partial charge in [-0.3, -0.25) is 0 Å². The highest BCUT2D eigenvalue weighted by Crippen LogP contribution is 2.25. The number of aromatic nitrogens is 2. The number of nitrogens with zero attached hydrogens (tertiary/aromatic N) is 2. The highest BCUT2D eigenvalue weighted by Gasteiger charge is 2.17. The lowest BCUT2D eigenvalue weighted by atomic mass is 10.1. The van der Waals surface area contributed by atoms with Crippen molar-refractivity contribution in [3.05, 3.63) is 51.9 Å². The van der Waals surface area contributed by atoms with Crippen LogP contribution in [0, 0.1) is 0 Å². The number of nitrogen functional groups attached to an aromatic ring is 1. The molecule has 4 heteroatoms. The molecule has 2 N–H and O–H groups in total. The van der Waals surface area contributed by atoms with Gasteiger partial charge >= 0.3 is 0 Å². The third-order valence-electron chi connectivity index (χ3n) is 3.26. The molecule has 3 rings (SSSR count). The highest BCUT2D eigenvalue weighted by molar-refractivity contribution is 6.30. The minimum Gasteiger partial charge on any atom is -0.383 e. The Morgan fingerprint density at radius 1 is 1.22 bits per heavy atom. The summed E-state index contributed by atoms with van der Waals surface area (Å²) in [5, 5.41) is 0.738. The number of halogens is 1. The number of rotatable bonds is 2. The monoisotopic (exact) mass is 259 g/mol. The van der Waals surface area contributed by atoms with Gasteiger partial charge in [0.1, 0.15) is 11.6 Å². The first-order valence-electron chi connectivity index (χ1n) is 6.11. The molecule has 1 aromatic carbocycles. The van der Waals surface area contributed by atoms with Gasteiger partial charge in [0.2, 0.25) is 0 Å². The number of hydrogen-bond acceptors (Lipinski definition) is 3. The molecule has 1 heterocycles. The van der Waals surface area contributed by atoms with Crippen molar-refractivity contribution in [1.29, 1.82) is 0 Å². The smallest absolute Gasteiger partial charge is 0.135 e. The Balaban J connectivity index is 1.92. The average molecular weight is 260 g/mol. The molecule has 0 saturated carbocycles. The normalized spacial score (nSPS) is 13.6. The lowest BCUT2D eigenvalue weighted by Gasteiger charge is -2.06. The first-order chi connectivity index (χ1) is 8.72. The zero-order chi connectivity index (χ0) is 12.5. The van der Waals surface area contributed by atoms with E-state index in [-0.39, 0.29) is 0 Å². The van der Waals surface area contributed by atoms with E-state index in [2.05, 4.69) is 9.97 Å². The van der Waals surface area contributed by atoms with Gasteiger partial charge in [0, 0.05) is 22.7 Å². The molecule has 0 radical (unpaired) electrons. The molecule has 2 aromatic rings. The molecule has 0 amide bonds. The van der Waals surface area contributed by atoms with Gasteiger partial charge < -0.3 is 5.73 Å². The van der Waals surface area contributed by atoms with Crippen molar-refractivity contribution in [2.45, 2.75) is 25.7 Å². The summed E-state index contributed by atoms with van der Waals surface area (Å²) in [6, 6.07) is 7.77. The highest BCUT2D eigenvalue weighted by atomic mass is 35.5. The zero-order valence-electron chi connectivity index (χ0n) is 9.99. The van der Waals surface area contributed by atoms with Crippen LogP contribution in [0.1, 0.15) is 29.1 Å². The lowest BCUT2D eigenvalue weighted by Crippen LogP contribution is -2.06. The molecule has 1 aliphatic rings. The minimum atomic E-state index is 0.648. The number of nitrogens with two attached hydrogens (primary N) is 1. The maximum Gasteiger partial charge on any atom is 0.135 e. The molecule has 1 aromatic heterocycles. The van der Waals surface area contributed by atoms with Crippen LogP contribution >= 0.6 is 11.6 Å². The lowest BCUT2D eigenvalue weighted by molar-refractivity contribution is 0.886. The number of fused-ring (bicyclic) bond motifs is 1. The molecule has 3 nitrogen and oxygen atoms in total. The Kier molecular flexibility index (Phi) is 2.92. The van der Waals surface area contributed by atoms with Crippen molar-refractivity contribution in [1.82, 2.24) is 9.97 Å². The maximum absolute atomic E-state index is 5.98. The summed E-state index contributed by atoms with van der Waals surface area (Å²) in [4.78, 5) is 9.00. The molecule has 0 saturated heterocycles. The maximum atomic E-state index is 5.98. The standard InChI is InChI=1S/C14H14ClN3/c15-10-4-1-3-9(7-10)8-13-17-12-6-2-5-11(12)14(16)18-13/h1,3-4,7H,2,5-6,8H2,(H2,16,17,18). The molecule has 1 aliphatic carbocycles. The Labute approximate surface area is 111 Å². The molecular formula is C14H14ClN3. The average Bonchev–Trinajstić information content (AvgIpc) is 2.77. The molecule has 0 spiro atoms. The molecule has 92 valence electrons. The second kappa shape index (κ2) is 4.58. The molecule has 0 unspecified atom stereocenters. The van der Waals surface area contributed by atoms with Crippen LogP contribution in [0.25, 0.3) is 0 Å². The Morgan fingerprint density at radius 2 is 2.11 bits per heavy atom. The molecular weight excluding hydrogens is 246 g/mol. The molecule has 18 heavy (non-hydrogen) atoms. The predicted octanol–water partition coefficient (Wildman–Crippen LogP) is 2.79. The van der Waals surface area contributed by atoms with Crippen molar-refractivity contribution >= 4 is 17.4 Å². The van der Waals surface area contributed by atoms with Crippen LogP contribution in [0.2, 0.25) is 5.02 Å². The largest absolute Gasteiger partial charge is 0.383 e. The Morgan fingerprint density at radius 3 is 2.94 bits per heavy atom. The van der Waals surface area contributed by atoms with Gasteiger partial charge in [0.25, 0.3) is 0 Å². The molecule has 0 atom stereocenters. The van der Waals surface area contributed by atoms with E-state index in [1.54, 1.807) is 0 Å². The number of anilines is 1. The number of benzene rings is 1. The fourth-order valence-electron chi connectivity index (χ4n) is 2.42. The van der Waals surface area contributed by atoms with E-state index in [0.29, 0.717) is 12.2 Å². The van der Waals surface area contributed by atoms with E-state index < -0.39 is 0 Å². The summed E-state index contributed by atoms with van der Waals surface area (Å²) < 4.78 is 0. The van der Waals surface area contributed by atoms with Crippen molar-refractivity contribution < 1.29 is 0 Å². The fourth-order valence-corrected chi connectivity index (χ4v) is 2.64. The van der Waals surface area contributed by atoms with Crippen LogP contribution in [-0.4, -0.2) is 9.97 Å². The molecule has 0 bridgehead atoms. The van der Waals surface area contributed by atoms with Crippen LogP contribution in [0.15, 0.2) is 24.3 Å². The summed E-state index contributed by atoms with van der Waals surface area (Å²) in [6.45, 7) is 0. The van der Waals surface area contributed by atoms with Crippen LogP contribution in [0.4, 0.5) is 5.82 Å². The van der Waals surface area contributed by atoms with Gasteiger partial charge in [-0.05, 0) is 37.0 Å². The fraction of sp³-hybridized carbons (Fsp3) is 0.286. The van der Waals surface area contributed by atoms with E-state index in [0.717, 1.165) is 46.9 Å². The van der Waals surface area contributed by atoms with Crippen LogP contribution in [0.3, 0.4) is 0 Å². The van der Waals surface area contributed by atoms with E-state index in [1.807, 2.05) is 24.3 Å². The third kappa shape index (κ3) is 2.18. The Hall–Kier alpha value is -1.61. The van der Waals surface area contributed by atoms with E-state index in [4.69, 9.17) is 17.3 Å². The topological polar surface area (TPSA) is 51.8 Å².